The highest BCUT2D eigenvalue weighted by Gasteiger charge is 2.01. The standard InChI is InChI=1S/C6H10N2S/c1-2-5-3-4-7-6(9)8-5/h3H,2,4H2,1H3,(H2,7,8,9). The van der Waals surface area contributed by atoms with Crippen molar-refractivity contribution >= 4 is 17.3 Å². The molecule has 2 N–H and O–H groups in total. The normalized spacial score (nSPS) is 17.9. The van der Waals surface area contributed by atoms with Crippen molar-refractivity contribution < 1.29 is 0 Å². The van der Waals surface area contributed by atoms with Crippen molar-refractivity contribution in [3.05, 3.63) is 11.8 Å². The SMILES string of the molecule is CCC1=CCNC(=S)N1. The van der Waals surface area contributed by atoms with Gasteiger partial charge in [-0.25, -0.2) is 0 Å². The lowest BCUT2D eigenvalue weighted by atomic mass is 10.3. The zero-order valence-electron chi connectivity index (χ0n) is 5.40. The molecule has 0 radical (unpaired) electrons. The highest BCUT2D eigenvalue weighted by molar-refractivity contribution is 7.80. The van der Waals surface area contributed by atoms with E-state index in [1.165, 1.54) is 5.70 Å². The third-order valence-electron chi connectivity index (χ3n) is 1.27. The number of hydrogen-bond donors (Lipinski definition) is 2. The summed E-state index contributed by atoms with van der Waals surface area (Å²) in [5.41, 5.74) is 1.22. The van der Waals surface area contributed by atoms with Gasteiger partial charge in [0.15, 0.2) is 5.11 Å². The van der Waals surface area contributed by atoms with E-state index in [4.69, 9.17) is 12.2 Å². The first kappa shape index (κ1) is 6.55. The second-order valence-corrected chi connectivity index (χ2v) is 2.33. The minimum absolute atomic E-state index is 0.745. The summed E-state index contributed by atoms with van der Waals surface area (Å²) >= 11 is 4.89. The minimum atomic E-state index is 0.745. The fourth-order valence-electron chi connectivity index (χ4n) is 0.741. The Hall–Kier alpha value is -0.570. The van der Waals surface area contributed by atoms with E-state index < -0.39 is 0 Å². The predicted molar refractivity (Wildman–Crippen MR) is 42.1 cm³/mol. The molecule has 9 heavy (non-hydrogen) atoms. The second kappa shape index (κ2) is 2.82. The molecule has 3 heteroatoms. The molecule has 1 aliphatic heterocycles. The fourth-order valence-corrected chi connectivity index (χ4v) is 0.955. The molecule has 0 saturated carbocycles. The highest BCUT2D eigenvalue weighted by Crippen LogP contribution is 1.97. The van der Waals surface area contributed by atoms with Gasteiger partial charge in [0.2, 0.25) is 0 Å². The Balaban J connectivity index is 2.53. The Morgan fingerprint density at radius 2 is 2.56 bits per heavy atom. The third kappa shape index (κ3) is 1.68. The lowest BCUT2D eigenvalue weighted by molar-refractivity contribution is 0.868. The third-order valence-corrected chi connectivity index (χ3v) is 1.51. The van der Waals surface area contributed by atoms with Gasteiger partial charge >= 0.3 is 0 Å². The summed E-state index contributed by atoms with van der Waals surface area (Å²) in [6.07, 6.45) is 3.14. The summed E-state index contributed by atoms with van der Waals surface area (Å²) in [6, 6.07) is 0. The van der Waals surface area contributed by atoms with Crippen LogP contribution in [-0.4, -0.2) is 11.7 Å². The molecule has 2 nitrogen and oxygen atoms in total. The maximum absolute atomic E-state index is 4.89. The minimum Gasteiger partial charge on any atom is -0.359 e. The van der Waals surface area contributed by atoms with E-state index >= 15 is 0 Å². The summed E-state index contributed by atoms with van der Waals surface area (Å²) in [7, 11) is 0. The molecule has 50 valence electrons. The van der Waals surface area contributed by atoms with Crippen LogP contribution in [0.2, 0.25) is 0 Å². The molecule has 0 fully saturated rings. The van der Waals surface area contributed by atoms with Crippen LogP contribution in [0.25, 0.3) is 0 Å². The Morgan fingerprint density at radius 3 is 3.00 bits per heavy atom. The zero-order chi connectivity index (χ0) is 6.69. The number of rotatable bonds is 1. The van der Waals surface area contributed by atoms with Gasteiger partial charge in [0.05, 0.1) is 0 Å². The summed E-state index contributed by atoms with van der Waals surface area (Å²) in [5, 5.41) is 6.78. The van der Waals surface area contributed by atoms with Crippen molar-refractivity contribution in [3.63, 3.8) is 0 Å². The van der Waals surface area contributed by atoms with Crippen LogP contribution in [0.15, 0.2) is 11.8 Å². The van der Waals surface area contributed by atoms with Crippen molar-refractivity contribution in [1.82, 2.24) is 10.6 Å². The van der Waals surface area contributed by atoms with Crippen LogP contribution in [0.4, 0.5) is 0 Å². The summed E-state index contributed by atoms with van der Waals surface area (Å²) in [4.78, 5) is 0. The Kier molecular flexibility index (Phi) is 2.05. The molecule has 0 aromatic rings. The Labute approximate surface area is 60.3 Å². The smallest absolute Gasteiger partial charge is 0.170 e. The molecular formula is C6H10N2S. The summed E-state index contributed by atoms with van der Waals surface area (Å²) in [6.45, 7) is 2.97. The van der Waals surface area contributed by atoms with E-state index in [-0.39, 0.29) is 0 Å². The number of allylic oxidation sites excluding steroid dienone is 1. The zero-order valence-corrected chi connectivity index (χ0v) is 6.22. The fraction of sp³-hybridized carbons (Fsp3) is 0.500. The van der Waals surface area contributed by atoms with Crippen molar-refractivity contribution in [2.45, 2.75) is 13.3 Å². The quantitative estimate of drug-likeness (QED) is 0.528. The molecule has 0 amide bonds. The van der Waals surface area contributed by atoms with Crippen molar-refractivity contribution in [3.8, 4) is 0 Å². The monoisotopic (exact) mass is 142 g/mol. The van der Waals surface area contributed by atoms with E-state index in [2.05, 4.69) is 23.6 Å². The summed E-state index contributed by atoms with van der Waals surface area (Å²) < 4.78 is 0. The number of hydrogen-bond acceptors (Lipinski definition) is 1. The number of nitrogens with one attached hydrogen (secondary N) is 2. The average Bonchev–Trinajstić information content (AvgIpc) is 1.88. The Bertz CT molecular complexity index is 151. The molecule has 0 aromatic heterocycles. The van der Waals surface area contributed by atoms with Crippen LogP contribution in [0.1, 0.15) is 13.3 Å². The van der Waals surface area contributed by atoms with Crippen LogP contribution in [0.3, 0.4) is 0 Å². The molecule has 0 bridgehead atoms. The van der Waals surface area contributed by atoms with Crippen molar-refractivity contribution in [2.75, 3.05) is 6.54 Å². The van der Waals surface area contributed by atoms with Gasteiger partial charge in [-0.1, -0.05) is 6.92 Å². The van der Waals surface area contributed by atoms with Gasteiger partial charge in [0, 0.05) is 12.2 Å². The molecule has 0 atom stereocenters. The molecule has 0 unspecified atom stereocenters. The summed E-state index contributed by atoms with van der Waals surface area (Å²) in [5.74, 6) is 0. The van der Waals surface area contributed by atoms with E-state index in [1.54, 1.807) is 0 Å². The van der Waals surface area contributed by atoms with Gasteiger partial charge < -0.3 is 10.6 Å². The topological polar surface area (TPSA) is 24.1 Å². The molecule has 0 aliphatic carbocycles. The molecule has 0 spiro atoms. The van der Waals surface area contributed by atoms with Crippen LogP contribution in [0, 0.1) is 0 Å². The van der Waals surface area contributed by atoms with Gasteiger partial charge in [0.25, 0.3) is 0 Å². The Morgan fingerprint density at radius 1 is 1.78 bits per heavy atom. The maximum atomic E-state index is 4.89. The molecular weight excluding hydrogens is 132 g/mol. The molecule has 0 aromatic carbocycles. The highest BCUT2D eigenvalue weighted by atomic mass is 32.1. The second-order valence-electron chi connectivity index (χ2n) is 1.92. The van der Waals surface area contributed by atoms with Crippen LogP contribution >= 0.6 is 12.2 Å². The molecule has 0 saturated heterocycles. The van der Waals surface area contributed by atoms with E-state index in [0.717, 1.165) is 18.1 Å². The molecule has 1 rings (SSSR count). The van der Waals surface area contributed by atoms with Gasteiger partial charge in [-0.15, -0.1) is 0 Å². The average molecular weight is 142 g/mol. The van der Waals surface area contributed by atoms with Gasteiger partial charge in [-0.2, -0.15) is 0 Å². The first-order valence-corrected chi connectivity index (χ1v) is 3.47. The predicted octanol–water partition coefficient (Wildman–Crippen LogP) is 0.758. The largest absolute Gasteiger partial charge is 0.359 e. The molecule has 1 aliphatic rings. The van der Waals surface area contributed by atoms with Gasteiger partial charge in [-0.3, -0.25) is 0 Å². The lowest BCUT2D eigenvalue weighted by Gasteiger charge is -2.16. The van der Waals surface area contributed by atoms with Gasteiger partial charge in [-0.05, 0) is 24.7 Å². The van der Waals surface area contributed by atoms with E-state index in [9.17, 15) is 0 Å². The van der Waals surface area contributed by atoms with E-state index in [1.807, 2.05) is 0 Å². The first-order valence-electron chi connectivity index (χ1n) is 3.07. The maximum Gasteiger partial charge on any atom is 0.170 e. The van der Waals surface area contributed by atoms with E-state index in [0.29, 0.717) is 0 Å². The van der Waals surface area contributed by atoms with Crippen LogP contribution in [0.5, 0.6) is 0 Å². The lowest BCUT2D eigenvalue weighted by Crippen LogP contribution is -2.38. The molecule has 1 heterocycles. The van der Waals surface area contributed by atoms with Crippen molar-refractivity contribution in [2.24, 2.45) is 0 Å². The van der Waals surface area contributed by atoms with Crippen LogP contribution < -0.4 is 10.6 Å². The van der Waals surface area contributed by atoms with Gasteiger partial charge in [0.1, 0.15) is 0 Å². The first-order chi connectivity index (χ1) is 4.33. The van der Waals surface area contributed by atoms with Crippen LogP contribution in [-0.2, 0) is 0 Å². The number of thiocarbonyl (C=S) groups is 1. The van der Waals surface area contributed by atoms with Crippen molar-refractivity contribution in [1.29, 1.82) is 0 Å².